The van der Waals surface area contributed by atoms with Gasteiger partial charge in [-0.25, -0.2) is 0 Å². The van der Waals surface area contributed by atoms with Crippen LogP contribution in [0.5, 0.6) is 0 Å². The van der Waals surface area contributed by atoms with E-state index in [9.17, 15) is 0 Å². The van der Waals surface area contributed by atoms with Gasteiger partial charge >= 0.3 is 0 Å². The summed E-state index contributed by atoms with van der Waals surface area (Å²) in [5.41, 5.74) is 3.29. The first-order chi connectivity index (χ1) is 11.3. The highest BCUT2D eigenvalue weighted by Crippen LogP contribution is 2.33. The van der Waals surface area contributed by atoms with Crippen molar-refractivity contribution in [3.05, 3.63) is 83.6 Å². The summed E-state index contributed by atoms with van der Waals surface area (Å²) >= 11 is 6.29. The molecule has 116 valence electrons. The Bertz CT molecular complexity index is 800. The second kappa shape index (κ2) is 6.11. The first kappa shape index (κ1) is 14.4. The maximum atomic E-state index is 6.29. The van der Waals surface area contributed by atoms with E-state index in [-0.39, 0.29) is 6.23 Å². The van der Waals surface area contributed by atoms with Gasteiger partial charge in [0.1, 0.15) is 0 Å². The molecule has 3 aromatic rings. The molecule has 23 heavy (non-hydrogen) atoms. The van der Waals surface area contributed by atoms with Crippen LogP contribution in [0.1, 0.15) is 11.8 Å². The van der Waals surface area contributed by atoms with E-state index < -0.39 is 0 Å². The van der Waals surface area contributed by atoms with Crippen LogP contribution in [0, 0.1) is 0 Å². The van der Waals surface area contributed by atoms with Gasteiger partial charge in [0.25, 0.3) is 0 Å². The number of para-hydroxylation sites is 2. The molecule has 1 aliphatic rings. The number of benzene rings is 2. The highest BCUT2D eigenvalue weighted by atomic mass is 35.5. The Labute approximate surface area is 140 Å². The molecule has 1 aliphatic heterocycles. The first-order valence-corrected chi connectivity index (χ1v) is 8.07. The topological polar surface area (TPSA) is 17.4 Å². The molecule has 0 saturated carbocycles. The number of anilines is 1. The van der Waals surface area contributed by atoms with Gasteiger partial charge in [-0.2, -0.15) is 0 Å². The summed E-state index contributed by atoms with van der Waals surface area (Å²) in [7, 11) is 0. The molecule has 0 amide bonds. The van der Waals surface area contributed by atoms with Crippen LogP contribution in [0.25, 0.3) is 5.69 Å². The molecule has 0 bridgehead atoms. The van der Waals surface area contributed by atoms with Gasteiger partial charge in [0.2, 0.25) is 0 Å². The lowest BCUT2D eigenvalue weighted by Gasteiger charge is -2.24. The van der Waals surface area contributed by atoms with Crippen LogP contribution in [0.3, 0.4) is 0 Å². The molecule has 1 unspecified atom stereocenters. The van der Waals surface area contributed by atoms with Gasteiger partial charge in [0.05, 0.1) is 17.3 Å². The van der Waals surface area contributed by atoms with Crippen LogP contribution in [0.2, 0.25) is 5.02 Å². The molecule has 4 heteroatoms. The lowest BCUT2D eigenvalue weighted by molar-refractivity contribution is 0.114. The quantitative estimate of drug-likeness (QED) is 0.696. The molecular weight excluding hydrogens is 308 g/mol. The van der Waals surface area contributed by atoms with Gasteiger partial charge < -0.3 is 14.2 Å². The van der Waals surface area contributed by atoms with Crippen molar-refractivity contribution in [1.29, 1.82) is 0 Å². The minimum atomic E-state index is -0.0545. The zero-order chi connectivity index (χ0) is 15.6. The molecular formula is C19H17ClN2O. The van der Waals surface area contributed by atoms with E-state index in [1.54, 1.807) is 0 Å². The third-order valence-corrected chi connectivity index (χ3v) is 4.43. The Morgan fingerprint density at radius 3 is 2.57 bits per heavy atom. The van der Waals surface area contributed by atoms with Crippen molar-refractivity contribution >= 4 is 17.3 Å². The van der Waals surface area contributed by atoms with Crippen molar-refractivity contribution in [1.82, 2.24) is 4.57 Å². The van der Waals surface area contributed by atoms with E-state index in [4.69, 9.17) is 16.3 Å². The second-order valence-corrected chi connectivity index (χ2v) is 5.96. The molecule has 0 aliphatic carbocycles. The first-order valence-electron chi connectivity index (χ1n) is 7.69. The van der Waals surface area contributed by atoms with E-state index in [2.05, 4.69) is 41.4 Å². The predicted octanol–water partition coefficient (Wildman–Crippen LogP) is 4.67. The Morgan fingerprint density at radius 2 is 1.74 bits per heavy atom. The maximum absolute atomic E-state index is 6.29. The monoisotopic (exact) mass is 324 g/mol. The fourth-order valence-electron chi connectivity index (χ4n) is 3.00. The summed E-state index contributed by atoms with van der Waals surface area (Å²) in [6.45, 7) is 1.63. The number of ether oxygens (including phenoxy) is 1. The highest BCUT2D eigenvalue weighted by molar-refractivity contribution is 6.32. The molecule has 1 saturated heterocycles. The van der Waals surface area contributed by atoms with Crippen molar-refractivity contribution < 1.29 is 4.74 Å². The lowest BCUT2D eigenvalue weighted by atomic mass is 10.2. The number of aromatic nitrogens is 1. The van der Waals surface area contributed by atoms with E-state index in [0.29, 0.717) is 0 Å². The van der Waals surface area contributed by atoms with E-state index in [1.807, 2.05) is 41.1 Å². The molecule has 4 rings (SSSR count). The van der Waals surface area contributed by atoms with Crippen LogP contribution in [0.15, 0.2) is 73.1 Å². The fourth-order valence-corrected chi connectivity index (χ4v) is 3.23. The van der Waals surface area contributed by atoms with Crippen LogP contribution in [-0.4, -0.2) is 17.7 Å². The number of hydrogen-bond donors (Lipinski definition) is 0. The highest BCUT2D eigenvalue weighted by Gasteiger charge is 2.27. The summed E-state index contributed by atoms with van der Waals surface area (Å²) in [6.07, 6.45) is 4.07. The van der Waals surface area contributed by atoms with Gasteiger partial charge in [-0.05, 0) is 30.3 Å². The maximum Gasteiger partial charge on any atom is 0.158 e. The predicted molar refractivity (Wildman–Crippen MR) is 93.3 cm³/mol. The molecule has 0 radical (unpaired) electrons. The summed E-state index contributed by atoms with van der Waals surface area (Å²) in [5, 5.41) is 0.738. The SMILES string of the molecule is Clc1ccccc1-n1ccc(C2OCCN2c2ccccc2)c1. The van der Waals surface area contributed by atoms with Crippen LogP contribution in [-0.2, 0) is 4.74 Å². The van der Waals surface area contributed by atoms with Crippen LogP contribution < -0.4 is 4.90 Å². The Kier molecular flexibility index (Phi) is 3.82. The zero-order valence-corrected chi connectivity index (χ0v) is 13.4. The second-order valence-electron chi connectivity index (χ2n) is 5.56. The van der Waals surface area contributed by atoms with Crippen molar-refractivity contribution in [2.24, 2.45) is 0 Å². The average Bonchev–Trinajstić information content (AvgIpc) is 3.25. The number of hydrogen-bond acceptors (Lipinski definition) is 2. The summed E-state index contributed by atoms with van der Waals surface area (Å²) in [5.74, 6) is 0. The molecule has 0 spiro atoms. The molecule has 1 aromatic heterocycles. The van der Waals surface area contributed by atoms with E-state index in [1.165, 1.54) is 5.69 Å². The number of nitrogens with zero attached hydrogens (tertiary/aromatic N) is 2. The van der Waals surface area contributed by atoms with E-state index in [0.717, 1.165) is 29.4 Å². The zero-order valence-electron chi connectivity index (χ0n) is 12.6. The summed E-state index contributed by atoms with van der Waals surface area (Å²) < 4.78 is 8.01. The molecule has 1 atom stereocenters. The van der Waals surface area contributed by atoms with Crippen molar-refractivity contribution in [2.75, 3.05) is 18.1 Å². The van der Waals surface area contributed by atoms with Gasteiger partial charge in [-0.1, -0.05) is 41.9 Å². The molecule has 1 fully saturated rings. The number of halogens is 1. The van der Waals surface area contributed by atoms with Crippen molar-refractivity contribution in [2.45, 2.75) is 6.23 Å². The fraction of sp³-hybridized carbons (Fsp3) is 0.158. The normalized spacial score (nSPS) is 17.6. The average molecular weight is 325 g/mol. The molecule has 0 N–H and O–H groups in total. The standard InChI is InChI=1S/C19H17ClN2O/c20-17-8-4-5-9-18(17)21-11-10-15(14-21)19-22(12-13-23-19)16-6-2-1-3-7-16/h1-11,14,19H,12-13H2. The molecule has 2 aromatic carbocycles. The third kappa shape index (κ3) is 2.74. The van der Waals surface area contributed by atoms with Gasteiger partial charge in [-0.3, -0.25) is 0 Å². The van der Waals surface area contributed by atoms with Gasteiger partial charge in [0.15, 0.2) is 6.23 Å². The third-order valence-electron chi connectivity index (χ3n) is 4.11. The van der Waals surface area contributed by atoms with Crippen molar-refractivity contribution in [3.8, 4) is 5.69 Å². The molecule has 2 heterocycles. The van der Waals surface area contributed by atoms with Crippen LogP contribution in [0.4, 0.5) is 5.69 Å². The van der Waals surface area contributed by atoms with Crippen molar-refractivity contribution in [3.63, 3.8) is 0 Å². The molecule has 3 nitrogen and oxygen atoms in total. The lowest BCUT2D eigenvalue weighted by Crippen LogP contribution is -2.22. The Hall–Kier alpha value is -2.23. The number of rotatable bonds is 3. The summed E-state index contributed by atoms with van der Waals surface area (Å²) in [6, 6.07) is 20.3. The minimum Gasteiger partial charge on any atom is -0.352 e. The Morgan fingerprint density at radius 1 is 0.957 bits per heavy atom. The van der Waals surface area contributed by atoms with Gasteiger partial charge in [-0.15, -0.1) is 0 Å². The van der Waals surface area contributed by atoms with E-state index >= 15 is 0 Å². The largest absolute Gasteiger partial charge is 0.352 e. The van der Waals surface area contributed by atoms with Crippen LogP contribution >= 0.6 is 11.6 Å². The Balaban J connectivity index is 1.65. The van der Waals surface area contributed by atoms with Gasteiger partial charge in [0, 0.05) is 30.2 Å². The minimum absolute atomic E-state index is 0.0545. The smallest absolute Gasteiger partial charge is 0.158 e. The summed E-state index contributed by atoms with van der Waals surface area (Å²) in [4.78, 5) is 2.28.